The zero-order valence-electron chi connectivity index (χ0n) is 25.3. The Hall–Kier alpha value is -3.05. The molecule has 1 fully saturated rings. The largest absolute Gasteiger partial charge is 0.374 e. The van der Waals surface area contributed by atoms with Crippen LogP contribution < -0.4 is 16.2 Å². The highest BCUT2D eigenvalue weighted by atomic mass is 32.2. The van der Waals surface area contributed by atoms with E-state index in [4.69, 9.17) is 0 Å². The molecular weight excluding hydrogens is 543 g/mol. The van der Waals surface area contributed by atoms with Gasteiger partial charge in [0.15, 0.2) is 0 Å². The van der Waals surface area contributed by atoms with E-state index < -0.39 is 0 Å². The van der Waals surface area contributed by atoms with Crippen LogP contribution in [0.25, 0.3) is 11.1 Å². The lowest BCUT2D eigenvalue weighted by Gasteiger charge is -2.38. The Morgan fingerprint density at radius 3 is 2.63 bits per heavy atom. The lowest BCUT2D eigenvalue weighted by atomic mass is 9.68. The van der Waals surface area contributed by atoms with Crippen molar-refractivity contribution >= 4 is 22.9 Å². The van der Waals surface area contributed by atoms with Crippen LogP contribution in [0.1, 0.15) is 56.6 Å². The molecule has 3 nitrogen and oxygen atoms in total. The Labute approximate surface area is 262 Å². The quantitative estimate of drug-likeness (QED) is 0.156. The molecule has 4 heteroatoms. The second-order valence-corrected chi connectivity index (χ2v) is 14.2. The molecule has 1 saturated carbocycles. The van der Waals surface area contributed by atoms with E-state index in [0.29, 0.717) is 41.5 Å². The molecule has 0 radical (unpaired) electrons. The predicted octanol–water partition coefficient (Wildman–Crippen LogP) is 8.69. The van der Waals surface area contributed by atoms with Crippen molar-refractivity contribution in [3.05, 3.63) is 126 Å². The van der Waals surface area contributed by atoms with Gasteiger partial charge in [-0.3, -0.25) is 5.43 Å². The van der Waals surface area contributed by atoms with Crippen LogP contribution in [0, 0.1) is 29.6 Å². The molecule has 0 bridgehead atoms. The van der Waals surface area contributed by atoms with Gasteiger partial charge in [0.1, 0.15) is 0 Å². The van der Waals surface area contributed by atoms with Crippen molar-refractivity contribution in [2.45, 2.75) is 55.6 Å². The second-order valence-electron chi connectivity index (χ2n) is 12.9. The summed E-state index contributed by atoms with van der Waals surface area (Å²) >= 11 is 2.01. The molecule has 3 N–H and O–H groups in total. The Bertz CT molecular complexity index is 1480. The van der Waals surface area contributed by atoms with Gasteiger partial charge in [0.2, 0.25) is 0 Å². The van der Waals surface area contributed by atoms with E-state index in [1.54, 1.807) is 5.57 Å². The third kappa shape index (κ3) is 6.29. The second kappa shape index (κ2) is 13.3. The van der Waals surface area contributed by atoms with Gasteiger partial charge in [-0.05, 0) is 89.7 Å². The monoisotopic (exact) mass is 587 g/mol. The normalized spacial score (nSPS) is 29.6. The average molecular weight is 588 g/mol. The average Bonchev–Trinajstić information content (AvgIpc) is 3.43. The minimum absolute atomic E-state index is 0.480. The first-order chi connectivity index (χ1) is 21.2. The van der Waals surface area contributed by atoms with Crippen molar-refractivity contribution in [2.75, 3.05) is 13.2 Å². The topological polar surface area (TPSA) is 36.1 Å². The van der Waals surface area contributed by atoms with Crippen molar-refractivity contribution in [2.24, 2.45) is 29.6 Å². The Morgan fingerprint density at radius 2 is 1.74 bits per heavy atom. The van der Waals surface area contributed by atoms with Crippen molar-refractivity contribution in [3.8, 4) is 0 Å². The number of rotatable bonds is 9. The molecule has 6 unspecified atom stereocenters. The predicted molar refractivity (Wildman–Crippen MR) is 183 cm³/mol. The first kappa shape index (κ1) is 28.7. The van der Waals surface area contributed by atoms with E-state index in [1.807, 2.05) is 11.8 Å². The minimum atomic E-state index is 0.480. The summed E-state index contributed by atoms with van der Waals surface area (Å²) in [6.45, 7) is 4.22. The maximum atomic E-state index is 3.77. The Balaban J connectivity index is 0.961. The third-order valence-corrected chi connectivity index (χ3v) is 11.7. The molecule has 4 aliphatic carbocycles. The summed E-state index contributed by atoms with van der Waals surface area (Å²) in [5.74, 6) is 3.35. The number of nitrogens with one attached hydrogen (secondary N) is 3. The molecule has 1 aliphatic heterocycles. The highest BCUT2D eigenvalue weighted by Crippen LogP contribution is 2.50. The Kier molecular flexibility index (Phi) is 8.88. The molecule has 1 heterocycles. The van der Waals surface area contributed by atoms with Gasteiger partial charge in [-0.2, -0.15) is 0 Å². The van der Waals surface area contributed by atoms with Crippen LogP contribution in [-0.4, -0.2) is 18.5 Å². The molecule has 2 aromatic rings. The molecule has 0 spiro atoms. The zero-order valence-corrected chi connectivity index (χ0v) is 26.2. The summed E-state index contributed by atoms with van der Waals surface area (Å²) in [7, 11) is 0. The molecule has 5 aliphatic rings. The molecule has 0 amide bonds. The molecule has 43 heavy (non-hydrogen) atoms. The number of benzene rings is 2. The van der Waals surface area contributed by atoms with Crippen molar-refractivity contribution in [3.63, 3.8) is 0 Å². The summed E-state index contributed by atoms with van der Waals surface area (Å²) in [5.41, 5.74) is 15.5. The summed E-state index contributed by atoms with van der Waals surface area (Å²) in [5, 5.41) is 4.25. The number of hydrazine groups is 1. The van der Waals surface area contributed by atoms with Crippen molar-refractivity contribution in [1.29, 1.82) is 0 Å². The van der Waals surface area contributed by atoms with Crippen LogP contribution in [-0.2, 0) is 0 Å². The maximum Gasteiger partial charge on any atom is 0.0780 e. The van der Waals surface area contributed by atoms with E-state index in [9.17, 15) is 0 Å². The van der Waals surface area contributed by atoms with Gasteiger partial charge in [-0.25, -0.2) is 5.43 Å². The van der Waals surface area contributed by atoms with Gasteiger partial charge < -0.3 is 5.32 Å². The fraction of sp³-hybridized carbons (Fsp3) is 0.385. The smallest absolute Gasteiger partial charge is 0.0780 e. The van der Waals surface area contributed by atoms with E-state index >= 15 is 0 Å². The molecule has 222 valence electrons. The van der Waals surface area contributed by atoms with Crippen LogP contribution >= 0.6 is 11.8 Å². The number of thioether (sulfide) groups is 1. The number of hydrogen-bond acceptors (Lipinski definition) is 4. The van der Waals surface area contributed by atoms with E-state index in [2.05, 4.69) is 126 Å². The van der Waals surface area contributed by atoms with Gasteiger partial charge in [-0.15, -0.1) is 11.8 Å². The van der Waals surface area contributed by atoms with Gasteiger partial charge in [0, 0.05) is 34.4 Å². The van der Waals surface area contributed by atoms with Crippen LogP contribution in [0.2, 0.25) is 0 Å². The maximum absolute atomic E-state index is 3.77. The third-order valence-electron chi connectivity index (χ3n) is 10.4. The first-order valence-electron chi connectivity index (χ1n) is 16.4. The van der Waals surface area contributed by atoms with Crippen molar-refractivity contribution < 1.29 is 0 Å². The molecule has 2 aromatic carbocycles. The zero-order chi connectivity index (χ0) is 29.0. The fourth-order valence-corrected chi connectivity index (χ4v) is 9.27. The van der Waals surface area contributed by atoms with Crippen LogP contribution in [0.3, 0.4) is 0 Å². The van der Waals surface area contributed by atoms with Gasteiger partial charge in [0.05, 0.1) is 6.67 Å². The first-order valence-corrected chi connectivity index (χ1v) is 17.3. The molecule has 0 aromatic heterocycles. The van der Waals surface area contributed by atoms with E-state index in [0.717, 1.165) is 13.0 Å². The minimum Gasteiger partial charge on any atom is -0.374 e. The van der Waals surface area contributed by atoms with E-state index in [-0.39, 0.29) is 0 Å². The summed E-state index contributed by atoms with van der Waals surface area (Å²) in [6, 6.07) is 19.7. The summed E-state index contributed by atoms with van der Waals surface area (Å²) < 4.78 is 0. The van der Waals surface area contributed by atoms with Gasteiger partial charge in [0.25, 0.3) is 0 Å². The van der Waals surface area contributed by atoms with Crippen LogP contribution in [0.4, 0.5) is 0 Å². The lowest BCUT2D eigenvalue weighted by molar-refractivity contribution is 0.185. The highest BCUT2D eigenvalue weighted by Gasteiger charge is 2.34. The van der Waals surface area contributed by atoms with Crippen LogP contribution in [0.15, 0.2) is 119 Å². The fourth-order valence-electron chi connectivity index (χ4n) is 7.92. The molecular formula is C39H45N3S. The Morgan fingerprint density at radius 1 is 0.884 bits per heavy atom. The SMILES string of the molecule is CC1C(CNNCNC2=C(c3ccccc3)C=C3c4ccccc4SC3C2)CCCC1C1=CC(C2C=CC=CC2)CC=C1. The lowest BCUT2D eigenvalue weighted by Crippen LogP contribution is -2.44. The number of allylic oxidation sites excluding steroid dienone is 11. The molecule has 7 rings (SSSR count). The standard InChI is InChI=1S/C39H45N3S/c1-27-32(18-11-20-33(27)31-17-10-16-30(22-31)28-12-4-2-5-13-28)25-41-42-26-40-37-24-39-36(34-19-8-9-21-38(34)43-39)23-35(37)29-14-6-3-7-15-29/h2-10,12,14-15,17,19,21-23,27-28,30,32-33,39-42H,11,13,16,18,20,24-26H2,1H3. The molecule has 6 atom stereocenters. The van der Waals surface area contributed by atoms with Crippen LogP contribution in [0.5, 0.6) is 0 Å². The number of hydrogen-bond donors (Lipinski definition) is 3. The van der Waals surface area contributed by atoms with Crippen molar-refractivity contribution in [1.82, 2.24) is 16.2 Å². The van der Waals surface area contributed by atoms with Gasteiger partial charge >= 0.3 is 0 Å². The summed E-state index contributed by atoms with van der Waals surface area (Å²) in [4.78, 5) is 1.41. The summed E-state index contributed by atoms with van der Waals surface area (Å²) in [6.07, 6.45) is 26.5. The highest BCUT2D eigenvalue weighted by molar-refractivity contribution is 8.00. The van der Waals surface area contributed by atoms with Gasteiger partial charge in [-0.1, -0.05) is 104 Å². The van der Waals surface area contributed by atoms with E-state index in [1.165, 1.54) is 65.0 Å². The number of fused-ring (bicyclic) bond motifs is 3. The molecule has 0 saturated heterocycles.